The standard InChI is InChI=1S/C10H14FNO2/c1-6(13)10(12)7-3-4-9(14-2)8(11)5-7/h3-6,10,13H,12H2,1-2H3. The smallest absolute Gasteiger partial charge is 0.165 e. The van der Waals surface area contributed by atoms with Gasteiger partial charge in [0, 0.05) is 0 Å². The Hall–Kier alpha value is -1.13. The number of ether oxygens (including phenoxy) is 1. The lowest BCUT2D eigenvalue weighted by molar-refractivity contribution is 0.164. The highest BCUT2D eigenvalue weighted by Crippen LogP contribution is 2.22. The molecule has 0 radical (unpaired) electrons. The highest BCUT2D eigenvalue weighted by atomic mass is 19.1. The molecule has 4 heteroatoms. The van der Waals surface area contributed by atoms with Gasteiger partial charge in [0.2, 0.25) is 0 Å². The topological polar surface area (TPSA) is 55.5 Å². The van der Waals surface area contributed by atoms with E-state index in [-0.39, 0.29) is 5.75 Å². The number of nitrogens with two attached hydrogens (primary N) is 1. The fourth-order valence-corrected chi connectivity index (χ4v) is 1.17. The van der Waals surface area contributed by atoms with E-state index in [1.54, 1.807) is 13.0 Å². The fraction of sp³-hybridized carbons (Fsp3) is 0.400. The lowest BCUT2D eigenvalue weighted by atomic mass is 10.0. The van der Waals surface area contributed by atoms with E-state index in [4.69, 9.17) is 10.5 Å². The highest BCUT2D eigenvalue weighted by molar-refractivity contribution is 5.31. The predicted molar refractivity (Wildman–Crippen MR) is 51.6 cm³/mol. The Kier molecular flexibility index (Phi) is 3.43. The van der Waals surface area contributed by atoms with Crippen LogP contribution >= 0.6 is 0 Å². The Morgan fingerprint density at radius 1 is 1.50 bits per heavy atom. The van der Waals surface area contributed by atoms with Gasteiger partial charge in [-0.3, -0.25) is 0 Å². The van der Waals surface area contributed by atoms with Gasteiger partial charge < -0.3 is 15.6 Å². The van der Waals surface area contributed by atoms with E-state index < -0.39 is 18.0 Å². The molecule has 0 amide bonds. The molecule has 0 saturated carbocycles. The van der Waals surface area contributed by atoms with Gasteiger partial charge in [-0.05, 0) is 24.6 Å². The summed E-state index contributed by atoms with van der Waals surface area (Å²) >= 11 is 0. The minimum Gasteiger partial charge on any atom is -0.494 e. The second kappa shape index (κ2) is 4.39. The summed E-state index contributed by atoms with van der Waals surface area (Å²) in [5, 5.41) is 9.21. The van der Waals surface area contributed by atoms with Crippen LogP contribution in [-0.4, -0.2) is 18.3 Å². The van der Waals surface area contributed by atoms with Crippen molar-refractivity contribution in [2.24, 2.45) is 5.73 Å². The summed E-state index contributed by atoms with van der Waals surface area (Å²) < 4.78 is 18.0. The van der Waals surface area contributed by atoms with Gasteiger partial charge in [-0.2, -0.15) is 0 Å². The molecule has 3 N–H and O–H groups in total. The molecule has 0 saturated heterocycles. The predicted octanol–water partition coefficient (Wildman–Crippen LogP) is 1.21. The minimum absolute atomic E-state index is 0.173. The Morgan fingerprint density at radius 3 is 2.57 bits per heavy atom. The van der Waals surface area contributed by atoms with Gasteiger partial charge in [0.25, 0.3) is 0 Å². The van der Waals surface area contributed by atoms with E-state index in [1.807, 2.05) is 0 Å². The third-order valence-corrected chi connectivity index (χ3v) is 2.08. The Morgan fingerprint density at radius 2 is 2.14 bits per heavy atom. The molecule has 2 atom stereocenters. The van der Waals surface area contributed by atoms with Crippen molar-refractivity contribution in [3.05, 3.63) is 29.6 Å². The number of rotatable bonds is 3. The molecule has 2 unspecified atom stereocenters. The van der Waals surface area contributed by atoms with Crippen molar-refractivity contribution in [2.45, 2.75) is 19.1 Å². The minimum atomic E-state index is -0.706. The maximum absolute atomic E-state index is 13.2. The average Bonchev–Trinajstić information content (AvgIpc) is 2.16. The van der Waals surface area contributed by atoms with Gasteiger partial charge in [0.15, 0.2) is 11.6 Å². The van der Waals surface area contributed by atoms with Gasteiger partial charge in [-0.1, -0.05) is 6.07 Å². The number of benzene rings is 1. The molecule has 1 aromatic rings. The van der Waals surface area contributed by atoms with E-state index in [9.17, 15) is 9.50 Å². The summed E-state index contributed by atoms with van der Waals surface area (Å²) in [7, 11) is 1.40. The third kappa shape index (κ3) is 2.21. The molecule has 0 aliphatic carbocycles. The van der Waals surface area contributed by atoms with Gasteiger partial charge >= 0.3 is 0 Å². The highest BCUT2D eigenvalue weighted by Gasteiger charge is 2.13. The van der Waals surface area contributed by atoms with Gasteiger partial charge in [-0.15, -0.1) is 0 Å². The molecule has 0 heterocycles. The van der Waals surface area contributed by atoms with Crippen LogP contribution in [0.5, 0.6) is 5.75 Å². The van der Waals surface area contributed by atoms with Crippen molar-refractivity contribution >= 4 is 0 Å². The molecule has 0 fully saturated rings. The first kappa shape index (κ1) is 10.9. The van der Waals surface area contributed by atoms with Crippen molar-refractivity contribution < 1.29 is 14.2 Å². The zero-order valence-electron chi connectivity index (χ0n) is 8.20. The number of aliphatic hydroxyl groups excluding tert-OH is 1. The summed E-state index contributed by atoms with van der Waals surface area (Å²) in [5.41, 5.74) is 6.19. The van der Waals surface area contributed by atoms with Crippen LogP contribution in [0.2, 0.25) is 0 Å². The van der Waals surface area contributed by atoms with Crippen molar-refractivity contribution in [1.29, 1.82) is 0 Å². The molecule has 0 aliphatic heterocycles. The molecule has 3 nitrogen and oxygen atoms in total. The maximum Gasteiger partial charge on any atom is 0.165 e. The molecule has 0 spiro atoms. The molecule has 1 rings (SSSR count). The lowest BCUT2D eigenvalue weighted by Crippen LogP contribution is -2.23. The van der Waals surface area contributed by atoms with Crippen molar-refractivity contribution in [2.75, 3.05) is 7.11 Å². The van der Waals surface area contributed by atoms with Crippen LogP contribution in [0.4, 0.5) is 4.39 Å². The summed E-state index contributed by atoms with van der Waals surface area (Å²) in [6, 6.07) is 3.83. The van der Waals surface area contributed by atoms with E-state index in [1.165, 1.54) is 19.2 Å². The second-order valence-corrected chi connectivity index (χ2v) is 3.16. The summed E-state index contributed by atoms with van der Waals surface area (Å²) in [5.74, 6) is -0.298. The molecule has 78 valence electrons. The van der Waals surface area contributed by atoms with Crippen LogP contribution in [0.25, 0.3) is 0 Å². The van der Waals surface area contributed by atoms with Crippen LogP contribution in [0.3, 0.4) is 0 Å². The van der Waals surface area contributed by atoms with Crippen LogP contribution in [0.1, 0.15) is 18.5 Å². The van der Waals surface area contributed by atoms with Crippen LogP contribution < -0.4 is 10.5 Å². The first-order chi connectivity index (χ1) is 6.56. The Bertz CT molecular complexity index is 315. The number of hydrogen-bond donors (Lipinski definition) is 2. The SMILES string of the molecule is COc1ccc(C(N)C(C)O)cc1F. The zero-order chi connectivity index (χ0) is 10.7. The first-order valence-electron chi connectivity index (χ1n) is 4.33. The van der Waals surface area contributed by atoms with E-state index in [2.05, 4.69) is 0 Å². The monoisotopic (exact) mass is 199 g/mol. The molecule has 0 aromatic heterocycles. The molecule has 0 bridgehead atoms. The third-order valence-electron chi connectivity index (χ3n) is 2.08. The quantitative estimate of drug-likeness (QED) is 0.769. The van der Waals surface area contributed by atoms with Gasteiger partial charge in [0.1, 0.15) is 0 Å². The first-order valence-corrected chi connectivity index (χ1v) is 4.33. The van der Waals surface area contributed by atoms with E-state index in [0.29, 0.717) is 5.56 Å². The van der Waals surface area contributed by atoms with Crippen molar-refractivity contribution in [3.8, 4) is 5.75 Å². The van der Waals surface area contributed by atoms with Crippen molar-refractivity contribution in [1.82, 2.24) is 0 Å². The van der Waals surface area contributed by atoms with Crippen LogP contribution in [0.15, 0.2) is 18.2 Å². The van der Waals surface area contributed by atoms with E-state index >= 15 is 0 Å². The second-order valence-electron chi connectivity index (χ2n) is 3.16. The molecular formula is C10H14FNO2. The van der Waals surface area contributed by atoms with Crippen LogP contribution in [-0.2, 0) is 0 Å². The normalized spacial score (nSPS) is 14.9. The van der Waals surface area contributed by atoms with Gasteiger partial charge in [0.05, 0.1) is 19.3 Å². The Labute approximate surface area is 82.3 Å². The molecule has 1 aromatic carbocycles. The molecule has 0 aliphatic rings. The van der Waals surface area contributed by atoms with Gasteiger partial charge in [-0.25, -0.2) is 4.39 Å². The maximum atomic E-state index is 13.2. The number of methoxy groups -OCH3 is 1. The summed E-state index contributed by atoms with van der Waals surface area (Å²) in [6.07, 6.45) is -0.706. The Balaban J connectivity index is 2.96. The van der Waals surface area contributed by atoms with E-state index in [0.717, 1.165) is 0 Å². The fourth-order valence-electron chi connectivity index (χ4n) is 1.17. The summed E-state index contributed by atoms with van der Waals surface area (Å²) in [6.45, 7) is 1.56. The largest absolute Gasteiger partial charge is 0.494 e. The molecular weight excluding hydrogens is 185 g/mol. The average molecular weight is 199 g/mol. The zero-order valence-corrected chi connectivity index (χ0v) is 8.20. The number of aliphatic hydroxyl groups is 1. The van der Waals surface area contributed by atoms with Crippen molar-refractivity contribution in [3.63, 3.8) is 0 Å². The lowest BCUT2D eigenvalue weighted by Gasteiger charge is -2.15. The summed E-state index contributed by atoms with van der Waals surface area (Å²) in [4.78, 5) is 0. The molecule has 14 heavy (non-hydrogen) atoms. The number of hydrogen-bond acceptors (Lipinski definition) is 3. The number of halogens is 1. The van der Waals surface area contributed by atoms with Crippen LogP contribution in [0, 0.1) is 5.82 Å².